The minimum atomic E-state index is -0.822. The number of urea groups is 1. The molecule has 3 rings (SSSR count). The van der Waals surface area contributed by atoms with Gasteiger partial charge < -0.3 is 9.47 Å². The Kier molecular flexibility index (Phi) is 5.86. The molecule has 0 aliphatic carbocycles. The highest BCUT2D eigenvalue weighted by Crippen LogP contribution is 2.37. The maximum atomic E-state index is 12.9. The van der Waals surface area contributed by atoms with E-state index in [1.807, 2.05) is 0 Å². The molecule has 0 unspecified atom stereocenters. The molecule has 0 spiro atoms. The molecule has 0 radical (unpaired) electrons. The van der Waals surface area contributed by atoms with Gasteiger partial charge in [0.25, 0.3) is 11.8 Å². The molecule has 7 nitrogen and oxygen atoms in total. The van der Waals surface area contributed by atoms with Gasteiger partial charge in [-0.05, 0) is 35.9 Å². The zero-order valence-corrected chi connectivity index (χ0v) is 16.0. The normalized spacial score (nSPS) is 15.1. The van der Waals surface area contributed by atoms with E-state index in [2.05, 4.69) is 11.2 Å². The van der Waals surface area contributed by atoms with Crippen molar-refractivity contribution in [2.24, 2.45) is 0 Å². The maximum Gasteiger partial charge on any atom is 0.335 e. The molecule has 1 aliphatic rings. The molecular formula is C21H15ClN2O5. The number of ether oxygens (including phenoxy) is 2. The summed E-state index contributed by atoms with van der Waals surface area (Å²) >= 11 is 6.23. The van der Waals surface area contributed by atoms with Crippen molar-refractivity contribution in [3.05, 3.63) is 58.6 Å². The zero-order valence-electron chi connectivity index (χ0n) is 15.3. The molecule has 2 aromatic rings. The third-order valence-electron chi connectivity index (χ3n) is 3.98. The van der Waals surface area contributed by atoms with E-state index in [0.29, 0.717) is 11.3 Å². The van der Waals surface area contributed by atoms with E-state index >= 15 is 0 Å². The van der Waals surface area contributed by atoms with Gasteiger partial charge in [-0.15, -0.1) is 6.42 Å². The third kappa shape index (κ3) is 4.08. The van der Waals surface area contributed by atoms with Crippen LogP contribution in [0.25, 0.3) is 6.08 Å². The first-order valence-corrected chi connectivity index (χ1v) is 8.74. The first-order valence-electron chi connectivity index (χ1n) is 8.36. The summed E-state index contributed by atoms with van der Waals surface area (Å²) in [5.74, 6) is 1.28. The van der Waals surface area contributed by atoms with Crippen LogP contribution >= 0.6 is 11.6 Å². The number of carbonyl (C=O) groups excluding carboxylic acids is 3. The van der Waals surface area contributed by atoms with Gasteiger partial charge >= 0.3 is 6.03 Å². The Morgan fingerprint density at radius 3 is 2.59 bits per heavy atom. The molecule has 1 aliphatic heterocycles. The van der Waals surface area contributed by atoms with Crippen molar-refractivity contribution in [1.82, 2.24) is 5.32 Å². The number of rotatable bonds is 5. The lowest BCUT2D eigenvalue weighted by Crippen LogP contribution is -2.54. The number of barbiturate groups is 1. The first kappa shape index (κ1) is 20.0. The molecule has 0 saturated carbocycles. The monoisotopic (exact) mass is 410 g/mol. The van der Waals surface area contributed by atoms with E-state index in [9.17, 15) is 14.4 Å². The van der Waals surface area contributed by atoms with Crippen LogP contribution in [0.15, 0.2) is 48.0 Å². The minimum absolute atomic E-state index is 0.00838. The van der Waals surface area contributed by atoms with Gasteiger partial charge in [0.1, 0.15) is 12.2 Å². The van der Waals surface area contributed by atoms with Crippen molar-refractivity contribution < 1.29 is 23.9 Å². The van der Waals surface area contributed by atoms with Crippen molar-refractivity contribution in [3.8, 4) is 23.8 Å². The van der Waals surface area contributed by atoms with Gasteiger partial charge in [0, 0.05) is 0 Å². The molecule has 0 aromatic heterocycles. The SMILES string of the molecule is C#CCOc1c(Cl)cc(/C=C2\C(=O)NC(=O)N(c3ccccc3)C2=O)cc1OC. The molecular weight excluding hydrogens is 396 g/mol. The number of amides is 4. The van der Waals surface area contributed by atoms with Crippen LogP contribution in [0.3, 0.4) is 0 Å². The second kappa shape index (κ2) is 8.50. The molecule has 1 fully saturated rings. The van der Waals surface area contributed by atoms with E-state index in [-0.39, 0.29) is 28.7 Å². The quantitative estimate of drug-likeness (QED) is 0.465. The summed E-state index contributed by atoms with van der Waals surface area (Å²) in [4.78, 5) is 38.2. The average molecular weight is 411 g/mol. The lowest BCUT2D eigenvalue weighted by atomic mass is 10.1. The van der Waals surface area contributed by atoms with Crippen molar-refractivity contribution in [3.63, 3.8) is 0 Å². The van der Waals surface area contributed by atoms with Crippen molar-refractivity contribution in [2.75, 3.05) is 18.6 Å². The number of terminal acetylenes is 1. The fourth-order valence-electron chi connectivity index (χ4n) is 2.71. The number of para-hydroxylation sites is 1. The van der Waals surface area contributed by atoms with Gasteiger partial charge in [-0.1, -0.05) is 35.7 Å². The number of nitrogens with one attached hydrogen (secondary N) is 1. The van der Waals surface area contributed by atoms with Crippen molar-refractivity contribution in [1.29, 1.82) is 0 Å². The topological polar surface area (TPSA) is 84.9 Å². The summed E-state index contributed by atoms with van der Waals surface area (Å²) in [7, 11) is 1.42. The number of hydrogen-bond acceptors (Lipinski definition) is 5. The highest BCUT2D eigenvalue weighted by Gasteiger charge is 2.36. The molecule has 4 amide bonds. The second-order valence-electron chi connectivity index (χ2n) is 5.82. The average Bonchev–Trinajstić information content (AvgIpc) is 2.70. The van der Waals surface area contributed by atoms with Crippen LogP contribution in [-0.2, 0) is 9.59 Å². The summed E-state index contributed by atoms with van der Waals surface area (Å²) in [6, 6.07) is 10.5. The number of methoxy groups -OCH3 is 1. The van der Waals surface area contributed by atoms with Gasteiger partial charge in [-0.3, -0.25) is 14.9 Å². The van der Waals surface area contributed by atoms with Gasteiger partial charge in [0.2, 0.25) is 0 Å². The predicted molar refractivity (Wildman–Crippen MR) is 108 cm³/mol. The fourth-order valence-corrected chi connectivity index (χ4v) is 2.99. The van der Waals surface area contributed by atoms with Gasteiger partial charge in [0.15, 0.2) is 11.5 Å². The Hall–Kier alpha value is -3.76. The Morgan fingerprint density at radius 1 is 1.21 bits per heavy atom. The van der Waals surface area contributed by atoms with Crippen LogP contribution in [-0.4, -0.2) is 31.6 Å². The molecule has 8 heteroatoms. The van der Waals surface area contributed by atoms with Crippen LogP contribution in [0.5, 0.6) is 11.5 Å². The maximum absolute atomic E-state index is 12.9. The molecule has 1 saturated heterocycles. The van der Waals surface area contributed by atoms with E-state index in [4.69, 9.17) is 27.5 Å². The lowest BCUT2D eigenvalue weighted by Gasteiger charge is -2.26. The van der Waals surface area contributed by atoms with Crippen LogP contribution in [0, 0.1) is 12.3 Å². The Bertz CT molecular complexity index is 1060. The third-order valence-corrected chi connectivity index (χ3v) is 4.26. The summed E-state index contributed by atoms with van der Waals surface area (Å²) in [5, 5.41) is 2.35. The molecule has 29 heavy (non-hydrogen) atoms. The Labute approximate surface area is 171 Å². The number of imide groups is 2. The van der Waals surface area contributed by atoms with E-state index < -0.39 is 17.8 Å². The smallest absolute Gasteiger partial charge is 0.335 e. The number of hydrogen-bond donors (Lipinski definition) is 1. The molecule has 146 valence electrons. The van der Waals surface area contributed by atoms with Crippen LogP contribution in [0.2, 0.25) is 5.02 Å². The van der Waals surface area contributed by atoms with E-state index in [0.717, 1.165) is 4.90 Å². The number of nitrogens with zero attached hydrogens (tertiary/aromatic N) is 1. The molecule has 0 atom stereocenters. The standard InChI is InChI=1S/C21H15ClN2O5/c1-3-9-29-18-16(22)11-13(12-17(18)28-2)10-15-19(25)23-21(27)24(20(15)26)14-7-5-4-6-8-14/h1,4-8,10-12H,9H2,2H3,(H,23,25,27)/b15-10+. The zero-order chi connectivity index (χ0) is 21.0. The van der Waals surface area contributed by atoms with Crippen molar-refractivity contribution in [2.45, 2.75) is 0 Å². The van der Waals surface area contributed by atoms with Crippen LogP contribution in [0.1, 0.15) is 5.56 Å². The highest BCUT2D eigenvalue weighted by atomic mass is 35.5. The predicted octanol–water partition coefficient (Wildman–Crippen LogP) is 3.03. The van der Waals surface area contributed by atoms with Gasteiger partial charge in [-0.2, -0.15) is 0 Å². The number of halogens is 1. The second-order valence-corrected chi connectivity index (χ2v) is 6.23. The summed E-state index contributed by atoms with van der Waals surface area (Å²) in [6.45, 7) is -0.00838. The highest BCUT2D eigenvalue weighted by molar-refractivity contribution is 6.39. The van der Waals surface area contributed by atoms with Gasteiger partial charge in [-0.25, -0.2) is 9.69 Å². The van der Waals surface area contributed by atoms with Crippen LogP contribution in [0.4, 0.5) is 10.5 Å². The lowest BCUT2D eigenvalue weighted by molar-refractivity contribution is -0.122. The van der Waals surface area contributed by atoms with E-state index in [1.165, 1.54) is 25.3 Å². The number of anilines is 1. The molecule has 0 bridgehead atoms. The largest absolute Gasteiger partial charge is 0.493 e. The Balaban J connectivity index is 2.01. The fraction of sp³-hybridized carbons (Fsp3) is 0.0952. The van der Waals surface area contributed by atoms with Crippen LogP contribution < -0.4 is 19.7 Å². The van der Waals surface area contributed by atoms with Crippen molar-refractivity contribution >= 4 is 41.2 Å². The minimum Gasteiger partial charge on any atom is -0.493 e. The molecule has 1 heterocycles. The van der Waals surface area contributed by atoms with Gasteiger partial charge in [0.05, 0.1) is 17.8 Å². The Morgan fingerprint density at radius 2 is 1.93 bits per heavy atom. The summed E-state index contributed by atoms with van der Waals surface area (Å²) in [6.07, 6.45) is 6.51. The molecule has 2 aromatic carbocycles. The number of benzene rings is 2. The van der Waals surface area contributed by atoms with E-state index in [1.54, 1.807) is 30.3 Å². The summed E-state index contributed by atoms with van der Waals surface area (Å²) < 4.78 is 10.6. The number of carbonyl (C=O) groups is 3. The molecule has 1 N–H and O–H groups in total. The summed E-state index contributed by atoms with van der Waals surface area (Å²) in [5.41, 5.74) is 0.506. The first-order chi connectivity index (χ1) is 14.0.